The van der Waals surface area contributed by atoms with Gasteiger partial charge in [-0.3, -0.25) is 4.90 Å². The molecule has 0 bridgehead atoms. The largest absolute Gasteiger partial charge is 0.463 e. The molecule has 1 saturated carbocycles. The number of fused-ring (bicyclic) bond motifs is 3. The number of thiophene rings is 1. The number of ether oxygens (including phenoxy) is 2. The maximum atomic E-state index is 10.2. The smallest absolute Gasteiger partial charge is 0.320 e. The van der Waals surface area contributed by atoms with Gasteiger partial charge in [0.2, 0.25) is 0 Å². The van der Waals surface area contributed by atoms with Crippen molar-refractivity contribution in [1.29, 1.82) is 10.5 Å². The van der Waals surface area contributed by atoms with E-state index >= 15 is 0 Å². The van der Waals surface area contributed by atoms with Crippen LogP contribution in [0.25, 0.3) is 11.0 Å². The highest BCUT2D eigenvalue weighted by Gasteiger charge is 2.53. The molecule has 7 heterocycles. The maximum absolute atomic E-state index is 10.2. The van der Waals surface area contributed by atoms with Crippen LogP contribution in [0.3, 0.4) is 0 Å². The van der Waals surface area contributed by atoms with Gasteiger partial charge in [-0.05, 0) is 18.9 Å². The van der Waals surface area contributed by atoms with E-state index < -0.39 is 0 Å². The molecular weight excluding hydrogens is 609 g/mol. The van der Waals surface area contributed by atoms with Crippen molar-refractivity contribution >= 4 is 50.8 Å². The molecule has 0 unspecified atom stereocenters. The van der Waals surface area contributed by atoms with Crippen molar-refractivity contribution in [3.8, 4) is 18.1 Å². The summed E-state index contributed by atoms with van der Waals surface area (Å²) >= 11 is 3.37. The van der Waals surface area contributed by atoms with Crippen LogP contribution in [-0.4, -0.2) is 77.0 Å². The zero-order valence-electron chi connectivity index (χ0n) is 24.7. The molecule has 3 aliphatic heterocycles. The second-order valence-electron chi connectivity index (χ2n) is 12.4. The molecule has 0 amide bonds. The van der Waals surface area contributed by atoms with Crippen molar-refractivity contribution in [3.05, 3.63) is 51.7 Å². The third kappa shape index (κ3) is 4.84. The molecule has 4 N–H and O–H groups in total. The Kier molecular flexibility index (Phi) is 6.80. The van der Waals surface area contributed by atoms with Crippen molar-refractivity contribution in [1.82, 2.24) is 24.4 Å². The number of rotatable bonds is 8. The number of pyridine rings is 1. The number of nitriles is 2. The Morgan fingerprint density at radius 1 is 1.11 bits per heavy atom. The molecule has 0 atom stereocenters. The molecule has 4 aromatic rings. The lowest BCUT2D eigenvalue weighted by Gasteiger charge is -2.48. The zero-order chi connectivity index (χ0) is 30.8. The van der Waals surface area contributed by atoms with E-state index in [4.69, 9.17) is 30.9 Å². The van der Waals surface area contributed by atoms with Gasteiger partial charge in [0.15, 0.2) is 5.65 Å². The van der Waals surface area contributed by atoms with E-state index in [9.17, 15) is 10.5 Å². The number of thioether (sulfide) groups is 1. The predicted molar refractivity (Wildman–Crippen MR) is 173 cm³/mol. The standard InChI is InChI=1S/C31H32N10O2S2/c32-10-20-13-40(12-19-2-1-5-36-25(19)34)27-23(20)28(41-16-31(17-41)24-21(11-33)26(35)45-22(24)14-44-31)38-29(37-27)43-18-30(3-4-30)15-39-6-8-42-9-7-39/h1-2,5,13H,3-4,6-9,12,14-18,35H2,(H2,34,36). The molecule has 4 aliphatic rings. The second kappa shape index (κ2) is 10.8. The number of morpholine rings is 1. The van der Waals surface area contributed by atoms with Crippen LogP contribution in [0.4, 0.5) is 16.6 Å². The minimum absolute atomic E-state index is 0.0874. The Hall–Kier alpha value is -4.08. The van der Waals surface area contributed by atoms with Gasteiger partial charge in [0.05, 0.1) is 47.6 Å². The van der Waals surface area contributed by atoms with Crippen molar-refractivity contribution in [3.63, 3.8) is 0 Å². The average Bonchev–Trinajstić information content (AvgIpc) is 3.38. The molecule has 1 spiro atoms. The first-order chi connectivity index (χ1) is 21.9. The fourth-order valence-electron chi connectivity index (χ4n) is 6.83. The van der Waals surface area contributed by atoms with Crippen LogP contribution < -0.4 is 21.1 Å². The molecular formula is C31H32N10O2S2. The Morgan fingerprint density at radius 2 is 1.93 bits per heavy atom. The summed E-state index contributed by atoms with van der Waals surface area (Å²) in [5.74, 6) is 1.94. The van der Waals surface area contributed by atoms with E-state index in [1.807, 2.05) is 34.7 Å². The molecule has 12 nitrogen and oxygen atoms in total. The number of nitrogen functional groups attached to an aromatic ring is 2. The summed E-state index contributed by atoms with van der Waals surface area (Å²) in [5, 5.41) is 21.4. The summed E-state index contributed by atoms with van der Waals surface area (Å²) < 4.78 is 13.7. The van der Waals surface area contributed by atoms with Crippen LogP contribution in [0.1, 0.15) is 40.0 Å². The van der Waals surface area contributed by atoms with Crippen LogP contribution in [-0.2, 0) is 21.8 Å². The molecule has 0 radical (unpaired) electrons. The van der Waals surface area contributed by atoms with Gasteiger partial charge in [-0.2, -0.15) is 20.5 Å². The molecule has 4 aromatic heterocycles. The highest BCUT2D eigenvalue weighted by atomic mass is 32.2. The normalized spacial score (nSPS) is 19.6. The Labute approximate surface area is 268 Å². The number of aromatic nitrogens is 4. The summed E-state index contributed by atoms with van der Waals surface area (Å²) in [6, 6.07) is 8.79. The van der Waals surface area contributed by atoms with Gasteiger partial charge in [0.1, 0.15) is 28.8 Å². The number of nitrogens with two attached hydrogens (primary N) is 2. The molecule has 45 heavy (non-hydrogen) atoms. The third-order valence-corrected chi connectivity index (χ3v) is 12.1. The maximum Gasteiger partial charge on any atom is 0.320 e. The van der Waals surface area contributed by atoms with Gasteiger partial charge in [-0.1, -0.05) is 6.07 Å². The lowest BCUT2D eigenvalue weighted by atomic mass is 9.88. The quantitative estimate of drug-likeness (QED) is 0.289. The van der Waals surface area contributed by atoms with Gasteiger partial charge in [0, 0.05) is 72.3 Å². The van der Waals surface area contributed by atoms with Gasteiger partial charge in [0.25, 0.3) is 0 Å². The SMILES string of the molecule is N#Cc1c(N)sc2c1C1(CN(c3nc(OCC4(CN5CCOCC5)CC4)nc4c3c(C#N)cn4Cc3cccnc3N)C1)SC2. The van der Waals surface area contributed by atoms with Gasteiger partial charge in [-0.15, -0.1) is 23.1 Å². The second-order valence-corrected chi connectivity index (χ2v) is 14.9. The minimum Gasteiger partial charge on any atom is -0.463 e. The van der Waals surface area contributed by atoms with E-state index in [0.717, 1.165) is 62.6 Å². The summed E-state index contributed by atoms with van der Waals surface area (Å²) in [4.78, 5) is 19.9. The van der Waals surface area contributed by atoms with Gasteiger partial charge >= 0.3 is 6.01 Å². The van der Waals surface area contributed by atoms with E-state index in [1.54, 1.807) is 6.20 Å². The van der Waals surface area contributed by atoms with E-state index in [0.29, 0.717) is 71.0 Å². The summed E-state index contributed by atoms with van der Waals surface area (Å²) in [7, 11) is 0. The van der Waals surface area contributed by atoms with E-state index in [2.05, 4.69) is 26.9 Å². The highest BCUT2D eigenvalue weighted by molar-refractivity contribution is 8.00. The number of hydrogen-bond acceptors (Lipinski definition) is 13. The van der Waals surface area contributed by atoms with Crippen LogP contribution in [0.15, 0.2) is 24.5 Å². The fraction of sp³-hybridized carbons (Fsp3) is 0.452. The van der Waals surface area contributed by atoms with Gasteiger partial charge in [-0.25, -0.2) is 4.98 Å². The third-order valence-electron chi connectivity index (χ3n) is 9.44. The first-order valence-electron chi connectivity index (χ1n) is 15.0. The minimum atomic E-state index is -0.234. The molecule has 2 saturated heterocycles. The van der Waals surface area contributed by atoms with Crippen molar-refractivity contribution < 1.29 is 9.47 Å². The lowest BCUT2D eigenvalue weighted by molar-refractivity contribution is 0.0231. The molecule has 1 aliphatic carbocycles. The van der Waals surface area contributed by atoms with Crippen LogP contribution >= 0.6 is 23.1 Å². The Bertz CT molecular complexity index is 1890. The average molecular weight is 641 g/mol. The summed E-state index contributed by atoms with van der Waals surface area (Å²) in [6.07, 6.45) is 5.68. The number of anilines is 3. The molecule has 0 aromatic carbocycles. The predicted octanol–water partition coefficient (Wildman–Crippen LogP) is 3.30. The first kappa shape index (κ1) is 28.4. The zero-order valence-corrected chi connectivity index (χ0v) is 26.3. The van der Waals surface area contributed by atoms with Crippen molar-refractivity contribution in [2.75, 3.05) is 68.9 Å². The molecule has 230 valence electrons. The molecule has 14 heteroatoms. The fourth-order valence-corrected chi connectivity index (χ4v) is 9.64. The lowest BCUT2D eigenvalue weighted by Crippen LogP contribution is -2.57. The van der Waals surface area contributed by atoms with Crippen molar-refractivity contribution in [2.24, 2.45) is 5.41 Å². The van der Waals surface area contributed by atoms with Gasteiger partial charge < -0.3 is 30.4 Å². The highest BCUT2D eigenvalue weighted by Crippen LogP contribution is 2.58. The van der Waals surface area contributed by atoms with Crippen LogP contribution in [0.2, 0.25) is 0 Å². The number of nitrogens with zero attached hydrogens (tertiary/aromatic N) is 8. The summed E-state index contributed by atoms with van der Waals surface area (Å²) in [5.41, 5.74) is 16.1. The monoisotopic (exact) mass is 640 g/mol. The number of hydrogen-bond donors (Lipinski definition) is 2. The topological polar surface area (TPSA) is 168 Å². The molecule has 3 fully saturated rings. The Morgan fingerprint density at radius 3 is 2.67 bits per heavy atom. The Balaban J connectivity index is 1.15. The van der Waals surface area contributed by atoms with E-state index in [1.165, 1.54) is 16.2 Å². The summed E-state index contributed by atoms with van der Waals surface area (Å²) in [6.45, 7) is 6.61. The molecule has 8 rings (SSSR count). The first-order valence-corrected chi connectivity index (χ1v) is 16.8. The van der Waals surface area contributed by atoms with E-state index in [-0.39, 0.29) is 10.2 Å². The van der Waals surface area contributed by atoms with Crippen molar-refractivity contribution in [2.45, 2.75) is 29.9 Å². The van der Waals surface area contributed by atoms with Crippen LogP contribution in [0, 0.1) is 28.1 Å². The van der Waals surface area contributed by atoms with Crippen LogP contribution in [0.5, 0.6) is 6.01 Å².